The lowest BCUT2D eigenvalue weighted by molar-refractivity contribution is -0.119. The van der Waals surface area contributed by atoms with Crippen LogP contribution in [0.2, 0.25) is 0 Å². The Morgan fingerprint density at radius 3 is 2.60 bits per heavy atom. The van der Waals surface area contributed by atoms with E-state index in [1.165, 1.54) is 11.3 Å². The van der Waals surface area contributed by atoms with E-state index in [4.69, 9.17) is 0 Å². The van der Waals surface area contributed by atoms with Gasteiger partial charge < -0.3 is 20.4 Å². The molecule has 1 unspecified atom stereocenters. The van der Waals surface area contributed by atoms with Crippen LogP contribution in [0.25, 0.3) is 0 Å². The molecule has 2 saturated heterocycles. The molecule has 1 aromatic heterocycles. The molecule has 0 aliphatic carbocycles. The number of hydrogen-bond acceptors (Lipinski definition) is 4. The van der Waals surface area contributed by atoms with E-state index in [1.54, 1.807) is 9.80 Å². The Morgan fingerprint density at radius 2 is 2.00 bits per heavy atom. The standard InChI is InChI=1S/C17H24N4O3S/c1-12(2)19-16(24)21-5-4-20(15(23)13-3-6-25-8-13)10-17(11-21)7-14(22)18-9-17/h3,6,8,12H,4-5,7,9-11H2,1-2H3,(H,18,22)(H,19,24). The number of carbonyl (C=O) groups is 3. The first kappa shape index (κ1) is 17.7. The molecule has 2 aliphatic rings. The van der Waals surface area contributed by atoms with Crippen LogP contribution in [0, 0.1) is 5.41 Å². The Hall–Kier alpha value is -2.09. The summed E-state index contributed by atoms with van der Waals surface area (Å²) in [4.78, 5) is 40.7. The lowest BCUT2D eigenvalue weighted by atomic mass is 9.86. The molecule has 2 aliphatic heterocycles. The van der Waals surface area contributed by atoms with Gasteiger partial charge in [0.1, 0.15) is 0 Å². The average molecular weight is 364 g/mol. The lowest BCUT2D eigenvalue weighted by Crippen LogP contribution is -2.48. The highest BCUT2D eigenvalue weighted by molar-refractivity contribution is 7.08. The molecule has 3 rings (SSSR count). The SMILES string of the molecule is CC(C)NC(=O)N1CCN(C(=O)c2ccsc2)CC2(CNC(=O)C2)C1. The van der Waals surface area contributed by atoms with Crippen LogP contribution >= 0.6 is 11.3 Å². The van der Waals surface area contributed by atoms with Crippen LogP contribution in [0.4, 0.5) is 4.79 Å². The molecule has 1 spiro atoms. The molecule has 2 N–H and O–H groups in total. The molecule has 25 heavy (non-hydrogen) atoms. The van der Waals surface area contributed by atoms with Crippen LogP contribution in [0.1, 0.15) is 30.6 Å². The molecule has 7 nitrogen and oxygen atoms in total. The first-order chi connectivity index (χ1) is 11.9. The second kappa shape index (κ2) is 7.03. The number of rotatable bonds is 2. The number of amides is 4. The maximum atomic E-state index is 12.8. The van der Waals surface area contributed by atoms with Gasteiger partial charge in [-0.2, -0.15) is 11.3 Å². The van der Waals surface area contributed by atoms with E-state index >= 15 is 0 Å². The van der Waals surface area contributed by atoms with Crippen LogP contribution in [0.15, 0.2) is 16.8 Å². The third kappa shape index (κ3) is 3.95. The van der Waals surface area contributed by atoms with Gasteiger partial charge in [-0.05, 0) is 25.3 Å². The normalized spacial score (nSPS) is 23.7. The zero-order valence-corrected chi connectivity index (χ0v) is 15.4. The first-order valence-electron chi connectivity index (χ1n) is 8.52. The largest absolute Gasteiger partial charge is 0.355 e. The van der Waals surface area contributed by atoms with E-state index in [1.807, 2.05) is 30.7 Å². The van der Waals surface area contributed by atoms with E-state index in [2.05, 4.69) is 10.6 Å². The smallest absolute Gasteiger partial charge is 0.317 e. The second-order valence-corrected chi connectivity index (χ2v) is 8.00. The molecule has 136 valence electrons. The summed E-state index contributed by atoms with van der Waals surface area (Å²) in [6.45, 7) is 6.20. The number of thiophene rings is 1. The van der Waals surface area contributed by atoms with Crippen molar-refractivity contribution in [2.45, 2.75) is 26.3 Å². The van der Waals surface area contributed by atoms with Crippen LogP contribution in [-0.4, -0.2) is 66.4 Å². The average Bonchev–Trinajstić information content (AvgIpc) is 3.14. The van der Waals surface area contributed by atoms with Gasteiger partial charge in [0.25, 0.3) is 5.91 Å². The van der Waals surface area contributed by atoms with Crippen LogP contribution in [-0.2, 0) is 4.79 Å². The topological polar surface area (TPSA) is 81.8 Å². The van der Waals surface area contributed by atoms with Gasteiger partial charge in [-0.3, -0.25) is 9.59 Å². The van der Waals surface area contributed by atoms with Gasteiger partial charge in [0.2, 0.25) is 5.91 Å². The van der Waals surface area contributed by atoms with E-state index in [0.717, 1.165) is 0 Å². The highest BCUT2D eigenvalue weighted by Gasteiger charge is 2.45. The molecule has 0 aromatic carbocycles. The molecule has 4 amide bonds. The van der Waals surface area contributed by atoms with Crippen molar-refractivity contribution in [2.75, 3.05) is 32.7 Å². The molecule has 2 fully saturated rings. The summed E-state index contributed by atoms with van der Waals surface area (Å²) in [5.41, 5.74) is 0.241. The third-order valence-electron chi connectivity index (χ3n) is 4.64. The van der Waals surface area contributed by atoms with Crippen LogP contribution in [0.5, 0.6) is 0 Å². The van der Waals surface area contributed by atoms with Gasteiger partial charge >= 0.3 is 6.03 Å². The minimum absolute atomic E-state index is 0.0194. The molecule has 0 bridgehead atoms. The molecule has 8 heteroatoms. The lowest BCUT2D eigenvalue weighted by Gasteiger charge is -2.32. The maximum absolute atomic E-state index is 12.8. The van der Waals surface area contributed by atoms with E-state index < -0.39 is 5.41 Å². The van der Waals surface area contributed by atoms with Gasteiger partial charge in [0.05, 0.1) is 5.56 Å². The van der Waals surface area contributed by atoms with Crippen molar-refractivity contribution in [2.24, 2.45) is 5.41 Å². The summed E-state index contributed by atoms with van der Waals surface area (Å²) in [5.74, 6) is -0.0554. The molecule has 1 atom stereocenters. The monoisotopic (exact) mass is 364 g/mol. The van der Waals surface area contributed by atoms with E-state index in [0.29, 0.717) is 44.7 Å². The fraction of sp³-hybridized carbons (Fsp3) is 0.588. The highest BCUT2D eigenvalue weighted by atomic mass is 32.1. The molecular formula is C17H24N4O3S. The van der Waals surface area contributed by atoms with Crippen molar-refractivity contribution >= 4 is 29.2 Å². The molecule has 0 saturated carbocycles. The van der Waals surface area contributed by atoms with Crippen molar-refractivity contribution < 1.29 is 14.4 Å². The first-order valence-corrected chi connectivity index (χ1v) is 9.46. The number of urea groups is 1. The Morgan fingerprint density at radius 1 is 1.28 bits per heavy atom. The zero-order valence-electron chi connectivity index (χ0n) is 14.6. The number of hydrogen-bond donors (Lipinski definition) is 2. The second-order valence-electron chi connectivity index (χ2n) is 7.22. The zero-order chi connectivity index (χ0) is 18.0. The summed E-state index contributed by atoms with van der Waals surface area (Å²) >= 11 is 1.49. The minimum atomic E-state index is -0.423. The predicted octanol–water partition coefficient (Wildman–Crippen LogP) is 1.13. The highest BCUT2D eigenvalue weighted by Crippen LogP contribution is 2.31. The Balaban J connectivity index is 1.81. The van der Waals surface area contributed by atoms with Crippen molar-refractivity contribution in [1.82, 2.24) is 20.4 Å². The number of nitrogens with zero attached hydrogens (tertiary/aromatic N) is 2. The Bertz CT molecular complexity index is 661. The molecule has 3 heterocycles. The third-order valence-corrected chi connectivity index (χ3v) is 5.33. The molecular weight excluding hydrogens is 340 g/mol. The quantitative estimate of drug-likeness (QED) is 0.825. The number of nitrogens with one attached hydrogen (secondary N) is 2. The minimum Gasteiger partial charge on any atom is -0.355 e. The van der Waals surface area contributed by atoms with Gasteiger partial charge in [-0.15, -0.1) is 0 Å². The van der Waals surface area contributed by atoms with Gasteiger partial charge in [-0.1, -0.05) is 0 Å². The maximum Gasteiger partial charge on any atom is 0.317 e. The van der Waals surface area contributed by atoms with Gasteiger partial charge in [0.15, 0.2) is 0 Å². The van der Waals surface area contributed by atoms with E-state index in [9.17, 15) is 14.4 Å². The fourth-order valence-electron chi connectivity index (χ4n) is 3.49. The summed E-state index contributed by atoms with van der Waals surface area (Å²) in [6, 6.07) is 1.71. The van der Waals surface area contributed by atoms with Crippen molar-refractivity contribution in [3.05, 3.63) is 22.4 Å². The van der Waals surface area contributed by atoms with Crippen molar-refractivity contribution in [3.8, 4) is 0 Å². The summed E-state index contributed by atoms with van der Waals surface area (Å²) in [7, 11) is 0. The molecule has 1 aromatic rings. The van der Waals surface area contributed by atoms with Gasteiger partial charge in [0, 0.05) is 56.0 Å². The predicted molar refractivity (Wildman–Crippen MR) is 95.5 cm³/mol. The van der Waals surface area contributed by atoms with Crippen LogP contribution < -0.4 is 10.6 Å². The Labute approximate surface area is 151 Å². The molecule has 0 radical (unpaired) electrons. The fourth-order valence-corrected chi connectivity index (χ4v) is 4.12. The van der Waals surface area contributed by atoms with Crippen molar-refractivity contribution in [1.29, 1.82) is 0 Å². The summed E-state index contributed by atoms with van der Waals surface area (Å²) in [6.07, 6.45) is 0.339. The van der Waals surface area contributed by atoms with Crippen molar-refractivity contribution in [3.63, 3.8) is 0 Å². The summed E-state index contributed by atoms with van der Waals surface area (Å²) < 4.78 is 0. The Kier molecular flexibility index (Phi) is 4.99. The van der Waals surface area contributed by atoms with E-state index in [-0.39, 0.29) is 23.9 Å². The summed E-state index contributed by atoms with van der Waals surface area (Å²) in [5, 5.41) is 9.49. The van der Waals surface area contributed by atoms with Crippen LogP contribution in [0.3, 0.4) is 0 Å². The number of carbonyl (C=O) groups excluding carboxylic acids is 3. The van der Waals surface area contributed by atoms with Gasteiger partial charge in [-0.25, -0.2) is 4.79 Å².